The number of rotatable bonds is 1. The van der Waals surface area contributed by atoms with Gasteiger partial charge in [0.2, 0.25) is 5.91 Å². The molecule has 0 aromatic heterocycles. The third kappa shape index (κ3) is 2.08. The lowest BCUT2D eigenvalue weighted by Gasteiger charge is -2.33. The first-order valence-electron chi connectivity index (χ1n) is 5.79. The number of carbonyl (C=O) groups is 1. The van der Waals surface area contributed by atoms with Crippen LogP contribution in [0.15, 0.2) is 0 Å². The summed E-state index contributed by atoms with van der Waals surface area (Å²) in [5, 5.41) is 3.36. The summed E-state index contributed by atoms with van der Waals surface area (Å²) in [7, 11) is 0. The van der Waals surface area contributed by atoms with Crippen molar-refractivity contribution >= 4 is 5.91 Å². The molecule has 2 aliphatic rings. The molecule has 3 heteroatoms. The standard InChI is InChI=1S/C11H20N2O/c1-9-8-13(7-6-12-9)11(14)10-4-2-3-5-10/h9-10,12H,2-8H2,1H3/t9-/m0/s1. The van der Waals surface area contributed by atoms with Crippen LogP contribution in [0, 0.1) is 5.92 Å². The van der Waals surface area contributed by atoms with Gasteiger partial charge in [0.1, 0.15) is 0 Å². The van der Waals surface area contributed by atoms with E-state index in [0.29, 0.717) is 17.9 Å². The molecule has 1 saturated heterocycles. The smallest absolute Gasteiger partial charge is 0.225 e. The summed E-state index contributed by atoms with van der Waals surface area (Å²) in [5.41, 5.74) is 0. The summed E-state index contributed by atoms with van der Waals surface area (Å²) < 4.78 is 0. The maximum atomic E-state index is 12.0. The lowest BCUT2D eigenvalue weighted by Crippen LogP contribution is -2.52. The van der Waals surface area contributed by atoms with E-state index in [4.69, 9.17) is 0 Å². The third-order valence-corrected chi connectivity index (χ3v) is 3.38. The molecule has 1 heterocycles. The fraction of sp³-hybridized carbons (Fsp3) is 0.909. The SMILES string of the molecule is C[C@H]1CN(C(=O)C2CCCC2)CCN1. The highest BCUT2D eigenvalue weighted by atomic mass is 16.2. The van der Waals surface area contributed by atoms with Gasteiger partial charge in [0.25, 0.3) is 0 Å². The Balaban J connectivity index is 1.89. The molecule has 3 nitrogen and oxygen atoms in total. The Morgan fingerprint density at radius 1 is 1.36 bits per heavy atom. The molecule has 1 saturated carbocycles. The molecule has 0 radical (unpaired) electrons. The van der Waals surface area contributed by atoms with Gasteiger partial charge >= 0.3 is 0 Å². The average molecular weight is 196 g/mol. The van der Waals surface area contributed by atoms with E-state index in [1.54, 1.807) is 0 Å². The van der Waals surface area contributed by atoms with E-state index in [2.05, 4.69) is 17.1 Å². The average Bonchev–Trinajstić information content (AvgIpc) is 2.69. The summed E-state index contributed by atoms with van der Waals surface area (Å²) in [6, 6.07) is 0.467. The quantitative estimate of drug-likeness (QED) is 0.678. The third-order valence-electron chi connectivity index (χ3n) is 3.38. The highest BCUT2D eigenvalue weighted by Crippen LogP contribution is 2.26. The molecule has 1 amide bonds. The second kappa shape index (κ2) is 4.30. The van der Waals surface area contributed by atoms with Crippen molar-refractivity contribution in [3.63, 3.8) is 0 Å². The molecule has 1 aliphatic heterocycles. The molecule has 80 valence electrons. The van der Waals surface area contributed by atoms with Gasteiger partial charge in [-0.2, -0.15) is 0 Å². The van der Waals surface area contributed by atoms with Crippen molar-refractivity contribution in [2.45, 2.75) is 38.6 Å². The van der Waals surface area contributed by atoms with Crippen LogP contribution in [0.1, 0.15) is 32.6 Å². The molecule has 0 aromatic carbocycles. The van der Waals surface area contributed by atoms with Crippen LogP contribution in [-0.2, 0) is 4.79 Å². The van der Waals surface area contributed by atoms with Gasteiger partial charge in [0.15, 0.2) is 0 Å². The monoisotopic (exact) mass is 196 g/mol. The van der Waals surface area contributed by atoms with Gasteiger partial charge in [-0.25, -0.2) is 0 Å². The number of piperazine rings is 1. The predicted octanol–water partition coefficient (Wildman–Crippen LogP) is 0.997. The minimum absolute atomic E-state index is 0.347. The topological polar surface area (TPSA) is 32.3 Å². The summed E-state index contributed by atoms with van der Waals surface area (Å²) in [6.45, 7) is 4.91. The van der Waals surface area contributed by atoms with Gasteiger partial charge in [-0.3, -0.25) is 4.79 Å². The molecule has 0 bridgehead atoms. The molecule has 1 aliphatic carbocycles. The summed E-state index contributed by atoms with van der Waals surface area (Å²) >= 11 is 0. The molecule has 2 rings (SSSR count). The maximum absolute atomic E-state index is 12.0. The Hall–Kier alpha value is -0.570. The lowest BCUT2D eigenvalue weighted by molar-refractivity contribution is -0.136. The summed E-state index contributed by atoms with van der Waals surface area (Å²) in [6.07, 6.45) is 4.74. The van der Waals surface area contributed by atoms with E-state index in [1.165, 1.54) is 12.8 Å². The molecule has 0 spiro atoms. The van der Waals surface area contributed by atoms with E-state index in [1.807, 2.05) is 0 Å². The Labute approximate surface area is 85.8 Å². The fourth-order valence-corrected chi connectivity index (χ4v) is 2.56. The van der Waals surface area contributed by atoms with Crippen molar-refractivity contribution in [3.8, 4) is 0 Å². The van der Waals surface area contributed by atoms with Crippen LogP contribution >= 0.6 is 0 Å². The summed E-state index contributed by atoms with van der Waals surface area (Å²) in [5.74, 6) is 0.760. The molecule has 2 fully saturated rings. The first-order valence-corrected chi connectivity index (χ1v) is 5.79. The van der Waals surface area contributed by atoms with Gasteiger partial charge in [-0.1, -0.05) is 12.8 Å². The Bertz CT molecular complexity index is 211. The van der Waals surface area contributed by atoms with Crippen LogP contribution in [0.2, 0.25) is 0 Å². The van der Waals surface area contributed by atoms with Gasteiger partial charge < -0.3 is 10.2 Å². The van der Waals surface area contributed by atoms with Crippen molar-refractivity contribution in [1.29, 1.82) is 0 Å². The first kappa shape index (κ1) is 9.97. The number of carbonyl (C=O) groups excluding carboxylic acids is 1. The number of hydrogen-bond acceptors (Lipinski definition) is 2. The van der Waals surface area contributed by atoms with Gasteiger partial charge in [-0.05, 0) is 19.8 Å². The van der Waals surface area contributed by atoms with Crippen LogP contribution in [0.4, 0.5) is 0 Å². The zero-order valence-electron chi connectivity index (χ0n) is 8.96. The normalized spacial score (nSPS) is 29.5. The molecule has 1 N–H and O–H groups in total. The predicted molar refractivity (Wildman–Crippen MR) is 56.0 cm³/mol. The maximum Gasteiger partial charge on any atom is 0.225 e. The highest BCUT2D eigenvalue weighted by molar-refractivity contribution is 5.79. The number of amides is 1. The van der Waals surface area contributed by atoms with Crippen molar-refractivity contribution in [2.24, 2.45) is 5.92 Å². The molecule has 14 heavy (non-hydrogen) atoms. The number of hydrogen-bond donors (Lipinski definition) is 1. The largest absolute Gasteiger partial charge is 0.340 e. The van der Waals surface area contributed by atoms with Crippen LogP contribution in [0.3, 0.4) is 0 Å². The summed E-state index contributed by atoms with van der Waals surface area (Å²) in [4.78, 5) is 14.1. The minimum atomic E-state index is 0.347. The Kier molecular flexibility index (Phi) is 3.06. The molecule has 0 aromatic rings. The van der Waals surface area contributed by atoms with Crippen molar-refractivity contribution in [3.05, 3.63) is 0 Å². The van der Waals surface area contributed by atoms with Crippen LogP contribution in [-0.4, -0.2) is 36.5 Å². The molecule has 1 atom stereocenters. The second-order valence-corrected chi connectivity index (χ2v) is 4.62. The van der Waals surface area contributed by atoms with Gasteiger partial charge in [0.05, 0.1) is 0 Å². The van der Waals surface area contributed by atoms with Crippen molar-refractivity contribution in [2.75, 3.05) is 19.6 Å². The first-order chi connectivity index (χ1) is 6.77. The molecular weight excluding hydrogens is 176 g/mol. The zero-order valence-corrected chi connectivity index (χ0v) is 8.96. The van der Waals surface area contributed by atoms with E-state index < -0.39 is 0 Å². The number of nitrogens with one attached hydrogen (secondary N) is 1. The Morgan fingerprint density at radius 3 is 2.71 bits per heavy atom. The van der Waals surface area contributed by atoms with E-state index >= 15 is 0 Å². The molecule has 0 unspecified atom stereocenters. The zero-order chi connectivity index (χ0) is 9.97. The highest BCUT2D eigenvalue weighted by Gasteiger charge is 2.29. The van der Waals surface area contributed by atoms with Gasteiger partial charge in [0, 0.05) is 31.6 Å². The van der Waals surface area contributed by atoms with Crippen LogP contribution in [0.5, 0.6) is 0 Å². The lowest BCUT2D eigenvalue weighted by atomic mass is 10.1. The van der Waals surface area contributed by atoms with E-state index in [-0.39, 0.29) is 0 Å². The second-order valence-electron chi connectivity index (χ2n) is 4.62. The van der Waals surface area contributed by atoms with Crippen molar-refractivity contribution in [1.82, 2.24) is 10.2 Å². The minimum Gasteiger partial charge on any atom is -0.340 e. The van der Waals surface area contributed by atoms with Gasteiger partial charge in [-0.15, -0.1) is 0 Å². The molecular formula is C11H20N2O. The van der Waals surface area contributed by atoms with Crippen LogP contribution in [0.25, 0.3) is 0 Å². The fourth-order valence-electron chi connectivity index (χ4n) is 2.56. The van der Waals surface area contributed by atoms with Crippen molar-refractivity contribution < 1.29 is 4.79 Å². The Morgan fingerprint density at radius 2 is 2.07 bits per heavy atom. The van der Waals surface area contributed by atoms with E-state index in [9.17, 15) is 4.79 Å². The number of nitrogens with zero attached hydrogens (tertiary/aromatic N) is 1. The van der Waals surface area contributed by atoms with Crippen LogP contribution < -0.4 is 5.32 Å². The van der Waals surface area contributed by atoms with E-state index in [0.717, 1.165) is 32.5 Å².